The van der Waals surface area contributed by atoms with Crippen LogP contribution in [0.3, 0.4) is 0 Å². The Kier molecular flexibility index (Phi) is 7.54. The highest BCUT2D eigenvalue weighted by Gasteiger charge is 2.62. The summed E-state index contributed by atoms with van der Waals surface area (Å²) < 4.78 is 5.35. The number of halogens is 1. The lowest BCUT2D eigenvalue weighted by Crippen LogP contribution is -2.55. The van der Waals surface area contributed by atoms with Gasteiger partial charge in [-0.05, 0) is 112 Å². The maximum atomic E-state index is 13.0. The summed E-state index contributed by atoms with van der Waals surface area (Å²) in [5, 5.41) is 0. The number of Topliss-reactive ketones (excluding diaryl/α,β-unsaturated/α-hetero) is 1. The zero-order valence-electron chi connectivity index (χ0n) is 21.5. The number of methoxy groups -OCH3 is 1. The molecule has 186 valence electrons. The van der Waals surface area contributed by atoms with E-state index in [1.165, 1.54) is 44.1 Å². The maximum absolute atomic E-state index is 13.0. The van der Waals surface area contributed by atoms with Gasteiger partial charge in [-0.2, -0.15) is 0 Å². The molecule has 0 aromatic heterocycles. The lowest BCUT2D eigenvalue weighted by molar-refractivity contribution is -0.153. The minimum Gasteiger partial charge on any atom is -0.469 e. The molecule has 0 aliphatic heterocycles. The Balaban J connectivity index is 1.54. The molecule has 0 spiro atoms. The third-order valence-corrected chi connectivity index (χ3v) is 11.9. The first-order chi connectivity index (χ1) is 15.7. The van der Waals surface area contributed by atoms with Gasteiger partial charge < -0.3 is 4.74 Å². The number of rotatable bonds is 6. The summed E-state index contributed by atoms with van der Waals surface area (Å²) in [6.45, 7) is 9.40. The second-order valence-corrected chi connectivity index (χ2v) is 13.4. The van der Waals surface area contributed by atoms with Gasteiger partial charge in [0.2, 0.25) is 0 Å². The van der Waals surface area contributed by atoms with Crippen LogP contribution in [0.25, 0.3) is 0 Å². The van der Waals surface area contributed by atoms with Crippen LogP contribution in [-0.2, 0) is 14.3 Å². The molecule has 3 nitrogen and oxygen atoms in total. The Morgan fingerprint density at radius 3 is 2.58 bits per heavy atom. The average molecular weight is 522 g/mol. The van der Waals surface area contributed by atoms with Gasteiger partial charge in [-0.1, -0.05) is 48.4 Å². The van der Waals surface area contributed by atoms with E-state index in [4.69, 9.17) is 4.74 Å². The molecule has 0 radical (unpaired) electrons. The number of hydrogen-bond donors (Lipinski definition) is 0. The fourth-order valence-electron chi connectivity index (χ4n) is 9.05. The molecular weight excluding hydrogens is 476 g/mol. The standard InChI is InChI=1S/C29H45BrO3/c1-6-18(2)8-7-9-21(27(32)33-5)23-13-12-22-20-11-10-19-16-26(31)25(30)17-29(19,4)24(20)14-15-28(22,23)3/h8,19-25H,6-7,9-17H2,1-5H3/b18-8+/t19-,20-,21+,22-,23+,24-,25+,28-,29-/m0/s1. The van der Waals surface area contributed by atoms with Crippen LogP contribution in [0.15, 0.2) is 11.6 Å². The molecule has 4 heteroatoms. The summed E-state index contributed by atoms with van der Waals surface area (Å²) >= 11 is 3.72. The van der Waals surface area contributed by atoms with Crippen LogP contribution < -0.4 is 0 Å². The molecule has 4 rings (SSSR count). The summed E-state index contributed by atoms with van der Waals surface area (Å²) in [5.41, 5.74) is 1.94. The first-order valence-corrected chi connectivity index (χ1v) is 14.5. The quantitative estimate of drug-likeness (QED) is 0.206. The maximum Gasteiger partial charge on any atom is 0.308 e. The minimum absolute atomic E-state index is 0.00939. The van der Waals surface area contributed by atoms with Gasteiger partial charge in [0.1, 0.15) is 5.78 Å². The van der Waals surface area contributed by atoms with Crippen LogP contribution in [0, 0.1) is 46.3 Å². The molecule has 4 aliphatic carbocycles. The Morgan fingerprint density at radius 1 is 1.15 bits per heavy atom. The van der Waals surface area contributed by atoms with Gasteiger partial charge in [0.05, 0.1) is 17.9 Å². The van der Waals surface area contributed by atoms with Gasteiger partial charge in [-0.15, -0.1) is 0 Å². The largest absolute Gasteiger partial charge is 0.469 e. The molecule has 0 unspecified atom stereocenters. The van der Waals surface area contributed by atoms with Gasteiger partial charge in [0, 0.05) is 6.42 Å². The van der Waals surface area contributed by atoms with Crippen LogP contribution >= 0.6 is 15.9 Å². The Labute approximate surface area is 210 Å². The van der Waals surface area contributed by atoms with Crippen molar-refractivity contribution >= 4 is 27.7 Å². The summed E-state index contributed by atoms with van der Waals surface area (Å²) in [6, 6.07) is 0. The van der Waals surface area contributed by atoms with E-state index < -0.39 is 0 Å². The second kappa shape index (κ2) is 9.78. The molecule has 0 aromatic rings. The van der Waals surface area contributed by atoms with Gasteiger partial charge in [-0.25, -0.2) is 0 Å². The SMILES string of the molecule is CC/C(C)=C/CC[C@@H](C(=O)OC)[C@H]1CC[C@H]2[C@@H]3CC[C@H]4CC(=O)[C@H](Br)C[C@]4(C)[C@H]3CC[C@]12C. The summed E-state index contributed by atoms with van der Waals surface area (Å²) in [6.07, 6.45) is 14.5. The van der Waals surface area contributed by atoms with Crippen LogP contribution in [0.2, 0.25) is 0 Å². The molecule has 4 fully saturated rings. The molecule has 9 atom stereocenters. The van der Waals surface area contributed by atoms with E-state index in [2.05, 4.69) is 49.7 Å². The van der Waals surface area contributed by atoms with E-state index in [9.17, 15) is 9.59 Å². The van der Waals surface area contributed by atoms with Crippen molar-refractivity contribution in [2.75, 3.05) is 7.11 Å². The topological polar surface area (TPSA) is 43.4 Å². The van der Waals surface area contributed by atoms with Crippen molar-refractivity contribution in [3.63, 3.8) is 0 Å². The first kappa shape index (κ1) is 25.5. The number of allylic oxidation sites excluding steroid dienone is 2. The Bertz CT molecular complexity index is 790. The normalized spacial score (nSPS) is 43.9. The van der Waals surface area contributed by atoms with Gasteiger partial charge in [0.25, 0.3) is 0 Å². The Hall–Kier alpha value is -0.640. The fraction of sp³-hybridized carbons (Fsp3) is 0.862. The second-order valence-electron chi connectivity index (χ2n) is 12.3. The predicted octanol–water partition coefficient (Wildman–Crippen LogP) is 7.51. The highest BCUT2D eigenvalue weighted by molar-refractivity contribution is 9.10. The van der Waals surface area contributed by atoms with Crippen molar-refractivity contribution in [3.8, 4) is 0 Å². The lowest BCUT2D eigenvalue weighted by atomic mass is 9.44. The van der Waals surface area contributed by atoms with E-state index in [1.54, 1.807) is 7.11 Å². The van der Waals surface area contributed by atoms with Gasteiger partial charge >= 0.3 is 5.97 Å². The lowest BCUT2D eigenvalue weighted by Gasteiger charge is -2.61. The van der Waals surface area contributed by atoms with E-state index in [0.717, 1.165) is 43.9 Å². The Morgan fingerprint density at radius 2 is 1.88 bits per heavy atom. The smallest absolute Gasteiger partial charge is 0.308 e. The molecule has 0 aromatic carbocycles. The van der Waals surface area contributed by atoms with Crippen LogP contribution in [0.1, 0.15) is 98.3 Å². The number of ketones is 1. The van der Waals surface area contributed by atoms with Crippen LogP contribution in [0.4, 0.5) is 0 Å². The third-order valence-electron chi connectivity index (χ3n) is 11.1. The molecule has 0 heterocycles. The average Bonchev–Trinajstić information content (AvgIpc) is 3.14. The number of esters is 1. The van der Waals surface area contributed by atoms with Crippen molar-refractivity contribution in [3.05, 3.63) is 11.6 Å². The molecule has 0 N–H and O–H groups in total. The number of hydrogen-bond acceptors (Lipinski definition) is 3. The van der Waals surface area contributed by atoms with E-state index in [-0.39, 0.29) is 27.5 Å². The van der Waals surface area contributed by atoms with Crippen LogP contribution in [0.5, 0.6) is 0 Å². The van der Waals surface area contributed by atoms with Crippen molar-refractivity contribution < 1.29 is 14.3 Å². The summed E-state index contributed by atoms with van der Waals surface area (Å²) in [5.74, 6) is 3.66. The molecule has 33 heavy (non-hydrogen) atoms. The predicted molar refractivity (Wildman–Crippen MR) is 137 cm³/mol. The summed E-state index contributed by atoms with van der Waals surface area (Å²) in [4.78, 5) is 25.5. The fourth-order valence-corrected chi connectivity index (χ4v) is 9.93. The molecule has 0 bridgehead atoms. The van der Waals surface area contributed by atoms with E-state index in [1.807, 2.05) is 0 Å². The molecule has 0 amide bonds. The number of carbonyl (C=O) groups is 2. The molecule has 4 aliphatic rings. The van der Waals surface area contributed by atoms with Crippen LogP contribution in [-0.4, -0.2) is 23.7 Å². The highest BCUT2D eigenvalue weighted by atomic mass is 79.9. The third kappa shape index (κ3) is 4.40. The van der Waals surface area contributed by atoms with Crippen molar-refractivity contribution in [1.29, 1.82) is 0 Å². The minimum atomic E-state index is 0.00939. The van der Waals surface area contributed by atoms with Crippen molar-refractivity contribution in [2.24, 2.45) is 46.3 Å². The number of fused-ring (bicyclic) bond motifs is 5. The monoisotopic (exact) mass is 520 g/mol. The first-order valence-electron chi connectivity index (χ1n) is 13.6. The molecular formula is C29H45BrO3. The van der Waals surface area contributed by atoms with Crippen molar-refractivity contribution in [2.45, 2.75) is 103 Å². The number of ether oxygens (including phenoxy) is 1. The molecule has 0 saturated heterocycles. The molecule has 4 saturated carbocycles. The van der Waals surface area contributed by atoms with Gasteiger partial charge in [-0.3, -0.25) is 9.59 Å². The number of carbonyl (C=O) groups excluding carboxylic acids is 2. The zero-order chi connectivity index (χ0) is 24.0. The van der Waals surface area contributed by atoms with Gasteiger partial charge in [0.15, 0.2) is 0 Å². The zero-order valence-corrected chi connectivity index (χ0v) is 23.1. The highest BCUT2D eigenvalue weighted by Crippen LogP contribution is 2.68. The van der Waals surface area contributed by atoms with Crippen molar-refractivity contribution in [1.82, 2.24) is 0 Å². The number of alkyl halides is 1. The van der Waals surface area contributed by atoms with E-state index in [0.29, 0.717) is 23.5 Å². The summed E-state index contributed by atoms with van der Waals surface area (Å²) in [7, 11) is 1.57. The van der Waals surface area contributed by atoms with E-state index >= 15 is 0 Å².